The van der Waals surface area contributed by atoms with Crippen LogP contribution in [-0.4, -0.2) is 33.6 Å². The number of hydrogen-bond acceptors (Lipinski definition) is 5. The molecule has 6 heteroatoms. The quantitative estimate of drug-likeness (QED) is 0.879. The minimum atomic E-state index is -0.0903. The molecular formula is C11H18ClN5. The van der Waals surface area contributed by atoms with E-state index in [-0.39, 0.29) is 10.8 Å². The van der Waals surface area contributed by atoms with E-state index < -0.39 is 0 Å². The molecule has 1 aromatic heterocycles. The van der Waals surface area contributed by atoms with Gasteiger partial charge in [0.05, 0.1) is 0 Å². The van der Waals surface area contributed by atoms with Crippen LogP contribution in [0.3, 0.4) is 0 Å². The molecule has 0 amide bonds. The number of aromatic nitrogens is 3. The average molecular weight is 256 g/mol. The fraction of sp³-hybridized carbons (Fsp3) is 0.727. The maximum Gasteiger partial charge on any atom is 0.231 e. The predicted molar refractivity (Wildman–Crippen MR) is 69.7 cm³/mol. The lowest BCUT2D eigenvalue weighted by Crippen LogP contribution is -2.28. The first kappa shape index (κ1) is 12.4. The van der Waals surface area contributed by atoms with Gasteiger partial charge in [-0.2, -0.15) is 15.0 Å². The summed E-state index contributed by atoms with van der Waals surface area (Å²) >= 11 is 5.93. The summed E-state index contributed by atoms with van der Waals surface area (Å²) in [6.07, 6.45) is 2.37. The van der Waals surface area contributed by atoms with E-state index in [1.165, 1.54) is 12.8 Å². The molecule has 2 rings (SSSR count). The van der Waals surface area contributed by atoms with E-state index in [4.69, 9.17) is 11.6 Å². The van der Waals surface area contributed by atoms with Crippen LogP contribution in [0, 0.1) is 0 Å². The minimum absolute atomic E-state index is 0.0903. The highest BCUT2D eigenvalue weighted by atomic mass is 35.5. The Morgan fingerprint density at radius 3 is 2.35 bits per heavy atom. The molecule has 0 radical (unpaired) electrons. The van der Waals surface area contributed by atoms with Crippen LogP contribution in [0.25, 0.3) is 0 Å². The third kappa shape index (κ3) is 3.43. The Bertz CT molecular complexity index is 395. The Morgan fingerprint density at radius 1 is 1.12 bits per heavy atom. The maximum absolute atomic E-state index is 5.93. The molecule has 1 aliphatic heterocycles. The van der Waals surface area contributed by atoms with Gasteiger partial charge in [0.1, 0.15) is 0 Å². The molecule has 1 N–H and O–H groups in total. The van der Waals surface area contributed by atoms with E-state index in [1.807, 2.05) is 0 Å². The first-order valence-electron chi connectivity index (χ1n) is 5.89. The number of anilines is 2. The third-order valence-electron chi connectivity index (χ3n) is 2.47. The molecule has 0 atom stereocenters. The van der Waals surface area contributed by atoms with Crippen LogP contribution < -0.4 is 10.2 Å². The van der Waals surface area contributed by atoms with Crippen molar-refractivity contribution >= 4 is 23.5 Å². The molecule has 0 bridgehead atoms. The summed E-state index contributed by atoms with van der Waals surface area (Å²) in [4.78, 5) is 14.8. The molecule has 5 nitrogen and oxygen atoms in total. The fourth-order valence-corrected chi connectivity index (χ4v) is 1.95. The zero-order valence-corrected chi connectivity index (χ0v) is 11.3. The van der Waals surface area contributed by atoms with E-state index in [2.05, 4.69) is 45.9 Å². The number of hydrogen-bond donors (Lipinski definition) is 1. The highest BCUT2D eigenvalue weighted by Gasteiger charge is 2.18. The Kier molecular flexibility index (Phi) is 3.38. The lowest BCUT2D eigenvalue weighted by molar-refractivity contribution is 0.624. The zero-order valence-electron chi connectivity index (χ0n) is 10.5. The number of rotatable bonds is 2. The maximum atomic E-state index is 5.93. The summed E-state index contributed by atoms with van der Waals surface area (Å²) in [7, 11) is 0. The first-order chi connectivity index (χ1) is 7.94. The summed E-state index contributed by atoms with van der Waals surface area (Å²) in [5.41, 5.74) is -0.0903. The Labute approximate surface area is 107 Å². The number of halogens is 1. The van der Waals surface area contributed by atoms with Gasteiger partial charge >= 0.3 is 0 Å². The molecule has 1 aliphatic rings. The van der Waals surface area contributed by atoms with Gasteiger partial charge in [0, 0.05) is 18.6 Å². The Balaban J connectivity index is 2.22. The minimum Gasteiger partial charge on any atom is -0.349 e. The summed E-state index contributed by atoms with van der Waals surface area (Å²) in [6, 6.07) is 0. The van der Waals surface area contributed by atoms with E-state index in [0.29, 0.717) is 11.9 Å². The molecule has 0 spiro atoms. The average Bonchev–Trinajstić information content (AvgIpc) is 2.65. The van der Waals surface area contributed by atoms with Gasteiger partial charge in [0.25, 0.3) is 0 Å². The van der Waals surface area contributed by atoms with E-state index in [9.17, 15) is 0 Å². The van der Waals surface area contributed by atoms with Gasteiger partial charge in [-0.25, -0.2) is 0 Å². The second-order valence-electron chi connectivity index (χ2n) is 5.30. The Hall–Kier alpha value is -1.10. The predicted octanol–water partition coefficient (Wildman–Crippen LogP) is 2.34. The van der Waals surface area contributed by atoms with Crippen LogP contribution >= 0.6 is 11.6 Å². The lowest BCUT2D eigenvalue weighted by atomic mass is 10.1. The fourth-order valence-electron chi connectivity index (χ4n) is 1.79. The second-order valence-corrected chi connectivity index (χ2v) is 5.64. The van der Waals surface area contributed by atoms with Gasteiger partial charge in [-0.3, -0.25) is 0 Å². The molecule has 2 heterocycles. The van der Waals surface area contributed by atoms with Crippen molar-refractivity contribution in [2.45, 2.75) is 39.2 Å². The van der Waals surface area contributed by atoms with Gasteiger partial charge in [-0.15, -0.1) is 0 Å². The van der Waals surface area contributed by atoms with E-state index >= 15 is 0 Å². The van der Waals surface area contributed by atoms with E-state index in [0.717, 1.165) is 13.1 Å². The number of nitrogens with one attached hydrogen (secondary N) is 1. The van der Waals surface area contributed by atoms with Crippen molar-refractivity contribution in [2.24, 2.45) is 0 Å². The largest absolute Gasteiger partial charge is 0.349 e. The van der Waals surface area contributed by atoms with Crippen LogP contribution in [-0.2, 0) is 0 Å². The molecule has 1 aromatic rings. The molecule has 0 aliphatic carbocycles. The van der Waals surface area contributed by atoms with Gasteiger partial charge in [0.2, 0.25) is 17.2 Å². The van der Waals surface area contributed by atoms with Crippen molar-refractivity contribution in [3.63, 3.8) is 0 Å². The van der Waals surface area contributed by atoms with Gasteiger partial charge < -0.3 is 10.2 Å². The van der Waals surface area contributed by atoms with Crippen molar-refractivity contribution in [1.82, 2.24) is 15.0 Å². The van der Waals surface area contributed by atoms with Crippen LogP contribution in [0.2, 0.25) is 5.28 Å². The second kappa shape index (κ2) is 4.64. The van der Waals surface area contributed by atoms with Gasteiger partial charge in [0.15, 0.2) is 0 Å². The van der Waals surface area contributed by atoms with Crippen molar-refractivity contribution in [2.75, 3.05) is 23.3 Å². The van der Waals surface area contributed by atoms with Gasteiger partial charge in [-0.05, 0) is 45.2 Å². The van der Waals surface area contributed by atoms with Gasteiger partial charge in [-0.1, -0.05) is 0 Å². The molecule has 1 saturated heterocycles. The molecule has 0 aromatic carbocycles. The first-order valence-corrected chi connectivity index (χ1v) is 6.26. The topological polar surface area (TPSA) is 53.9 Å². The molecular weight excluding hydrogens is 238 g/mol. The van der Waals surface area contributed by atoms with Crippen molar-refractivity contribution in [1.29, 1.82) is 0 Å². The smallest absolute Gasteiger partial charge is 0.231 e. The highest BCUT2D eigenvalue weighted by Crippen LogP contribution is 2.20. The monoisotopic (exact) mass is 255 g/mol. The molecule has 0 unspecified atom stereocenters. The third-order valence-corrected chi connectivity index (χ3v) is 2.64. The normalized spacial score (nSPS) is 16.4. The van der Waals surface area contributed by atoms with Crippen molar-refractivity contribution in [3.05, 3.63) is 5.28 Å². The van der Waals surface area contributed by atoms with Crippen molar-refractivity contribution in [3.8, 4) is 0 Å². The summed E-state index contributed by atoms with van der Waals surface area (Å²) in [5, 5.41) is 3.46. The summed E-state index contributed by atoms with van der Waals surface area (Å²) in [6.45, 7) is 8.16. The Morgan fingerprint density at radius 2 is 1.76 bits per heavy atom. The standard InChI is InChI=1S/C11H18ClN5/c1-11(2,3)16-9-13-8(12)14-10(15-9)17-6-4-5-7-17/h4-7H2,1-3H3,(H,13,14,15,16). The van der Waals surface area contributed by atoms with Crippen LogP contribution in [0.4, 0.5) is 11.9 Å². The molecule has 17 heavy (non-hydrogen) atoms. The molecule has 1 fully saturated rings. The van der Waals surface area contributed by atoms with Crippen LogP contribution in [0.15, 0.2) is 0 Å². The SMILES string of the molecule is CC(C)(C)Nc1nc(Cl)nc(N2CCCC2)n1. The number of nitrogens with zero attached hydrogens (tertiary/aromatic N) is 4. The summed E-state index contributed by atoms with van der Waals surface area (Å²) < 4.78 is 0. The van der Waals surface area contributed by atoms with Crippen LogP contribution in [0.1, 0.15) is 33.6 Å². The molecule has 94 valence electrons. The molecule has 0 saturated carbocycles. The van der Waals surface area contributed by atoms with Crippen molar-refractivity contribution < 1.29 is 0 Å². The zero-order chi connectivity index (χ0) is 12.5. The summed E-state index contributed by atoms with van der Waals surface area (Å²) in [5.74, 6) is 1.22. The highest BCUT2D eigenvalue weighted by molar-refractivity contribution is 6.28. The van der Waals surface area contributed by atoms with Crippen LogP contribution in [0.5, 0.6) is 0 Å². The van der Waals surface area contributed by atoms with E-state index in [1.54, 1.807) is 0 Å². The lowest BCUT2D eigenvalue weighted by Gasteiger charge is -2.22.